The first-order valence-corrected chi connectivity index (χ1v) is 8.87. The lowest BCUT2D eigenvalue weighted by Crippen LogP contribution is -2.36. The minimum atomic E-state index is -0.189. The molecule has 2 aromatic carbocycles. The smallest absolute Gasteiger partial charge is 0.258 e. The van der Waals surface area contributed by atoms with E-state index in [1.807, 2.05) is 74.5 Å². The number of nitrogens with two attached hydrogens (primary N) is 1. The maximum absolute atomic E-state index is 12.0. The lowest BCUT2D eigenvalue weighted by Gasteiger charge is -2.19. The number of fused-ring (bicyclic) bond motifs is 1. The fraction of sp³-hybridized carbons (Fsp3) is 0.333. The summed E-state index contributed by atoms with van der Waals surface area (Å²) in [7, 11) is 0. The standard InChI is InChI=1S/C14H15NO3.C7H9NO.ClH/c1-14(2)10-11(14)13(17)15(12(10)16)18-8-9-6-4-3-5-7-9;8-9-6-7-4-2-1-3-5-7;/h3-7,10-11H,8H2,1-2H3;1-5H,6,8H2;1H. The summed E-state index contributed by atoms with van der Waals surface area (Å²) in [6, 6.07) is 19.3. The number of rotatable bonds is 5. The highest BCUT2D eigenvalue weighted by molar-refractivity contribution is 6.09. The second-order valence-electron chi connectivity index (χ2n) is 7.30. The molecule has 2 aliphatic rings. The Hall–Kier alpha value is -2.25. The van der Waals surface area contributed by atoms with Crippen molar-refractivity contribution in [2.24, 2.45) is 23.1 Å². The molecule has 2 aromatic rings. The molecule has 2 N–H and O–H groups in total. The number of hydroxylamine groups is 2. The van der Waals surface area contributed by atoms with Gasteiger partial charge in [0.05, 0.1) is 18.4 Å². The highest BCUT2D eigenvalue weighted by atomic mass is 35.5. The van der Waals surface area contributed by atoms with E-state index in [-0.39, 0.29) is 48.1 Å². The highest BCUT2D eigenvalue weighted by Gasteiger charge is 2.73. The van der Waals surface area contributed by atoms with Crippen molar-refractivity contribution in [1.82, 2.24) is 5.06 Å². The van der Waals surface area contributed by atoms with E-state index in [0.29, 0.717) is 6.61 Å². The summed E-state index contributed by atoms with van der Waals surface area (Å²) in [5.41, 5.74) is 1.86. The molecule has 0 aromatic heterocycles. The van der Waals surface area contributed by atoms with E-state index in [1.54, 1.807) is 0 Å². The molecule has 6 nitrogen and oxygen atoms in total. The van der Waals surface area contributed by atoms with Gasteiger partial charge in [-0.3, -0.25) is 19.3 Å². The summed E-state index contributed by atoms with van der Waals surface area (Å²) < 4.78 is 0. The molecule has 1 aliphatic carbocycles. The van der Waals surface area contributed by atoms with Crippen molar-refractivity contribution in [3.8, 4) is 0 Å². The van der Waals surface area contributed by atoms with Crippen molar-refractivity contribution in [2.45, 2.75) is 27.1 Å². The van der Waals surface area contributed by atoms with Crippen LogP contribution < -0.4 is 5.90 Å². The summed E-state index contributed by atoms with van der Waals surface area (Å²) >= 11 is 0. The summed E-state index contributed by atoms with van der Waals surface area (Å²) in [5, 5.41) is 0.952. The molecular formula is C21H25ClN2O4. The minimum absolute atomic E-state index is 0. The van der Waals surface area contributed by atoms with Gasteiger partial charge in [-0.2, -0.15) is 5.06 Å². The predicted molar refractivity (Wildman–Crippen MR) is 107 cm³/mol. The number of nitrogens with zero attached hydrogens (tertiary/aromatic N) is 1. The first kappa shape index (κ1) is 22.0. The van der Waals surface area contributed by atoms with Crippen LogP contribution in [0, 0.1) is 17.3 Å². The molecule has 4 rings (SSSR count). The molecule has 150 valence electrons. The Labute approximate surface area is 170 Å². The van der Waals surface area contributed by atoms with Gasteiger partial charge in [0.2, 0.25) is 0 Å². The highest BCUT2D eigenvalue weighted by Crippen LogP contribution is 2.63. The summed E-state index contributed by atoms with van der Waals surface area (Å²) in [4.78, 5) is 33.7. The fourth-order valence-electron chi connectivity index (χ4n) is 3.43. The van der Waals surface area contributed by atoms with Crippen molar-refractivity contribution in [3.63, 3.8) is 0 Å². The zero-order valence-electron chi connectivity index (χ0n) is 15.9. The molecular weight excluding hydrogens is 380 g/mol. The van der Waals surface area contributed by atoms with E-state index in [1.165, 1.54) is 0 Å². The first-order valence-electron chi connectivity index (χ1n) is 8.87. The Kier molecular flexibility index (Phi) is 7.32. The number of hydrogen-bond acceptors (Lipinski definition) is 5. The normalized spacial score (nSPS) is 21.3. The molecule has 0 spiro atoms. The third-order valence-corrected chi connectivity index (χ3v) is 5.06. The monoisotopic (exact) mass is 404 g/mol. The number of imide groups is 1. The van der Waals surface area contributed by atoms with Gasteiger partial charge in [-0.1, -0.05) is 74.5 Å². The van der Waals surface area contributed by atoms with E-state index >= 15 is 0 Å². The van der Waals surface area contributed by atoms with Gasteiger partial charge < -0.3 is 0 Å². The van der Waals surface area contributed by atoms with E-state index < -0.39 is 0 Å². The van der Waals surface area contributed by atoms with Gasteiger partial charge in [-0.15, -0.1) is 12.4 Å². The quantitative estimate of drug-likeness (QED) is 0.611. The SMILES string of the molecule is CC1(C)C2C(=O)N(OCc3ccccc3)C(=O)C21.Cl.NOCc1ccccc1. The average Bonchev–Trinajstić information content (AvgIpc) is 3.14. The van der Waals surface area contributed by atoms with Crippen molar-refractivity contribution in [2.75, 3.05) is 0 Å². The molecule has 1 aliphatic heterocycles. The molecule has 7 heteroatoms. The lowest BCUT2D eigenvalue weighted by molar-refractivity contribution is -0.196. The molecule has 0 bridgehead atoms. The summed E-state index contributed by atoms with van der Waals surface area (Å²) in [5.74, 6) is 4.12. The van der Waals surface area contributed by atoms with Crippen LogP contribution in [0.3, 0.4) is 0 Å². The maximum Gasteiger partial charge on any atom is 0.258 e. The van der Waals surface area contributed by atoms with Crippen LogP contribution in [0.2, 0.25) is 0 Å². The molecule has 1 heterocycles. The van der Waals surface area contributed by atoms with Crippen LogP contribution in [-0.2, 0) is 32.5 Å². The van der Waals surface area contributed by atoms with Crippen molar-refractivity contribution < 1.29 is 19.3 Å². The first-order chi connectivity index (χ1) is 13.0. The molecule has 1 saturated heterocycles. The zero-order valence-corrected chi connectivity index (χ0v) is 16.7. The Morgan fingerprint density at radius 2 is 1.29 bits per heavy atom. The second kappa shape index (κ2) is 9.30. The van der Waals surface area contributed by atoms with Gasteiger partial charge in [0.1, 0.15) is 6.61 Å². The molecule has 28 heavy (non-hydrogen) atoms. The number of benzene rings is 2. The third-order valence-electron chi connectivity index (χ3n) is 5.06. The molecule has 0 radical (unpaired) electrons. The number of carbonyl (C=O) groups is 2. The fourth-order valence-corrected chi connectivity index (χ4v) is 3.43. The average molecular weight is 405 g/mol. The summed E-state index contributed by atoms with van der Waals surface area (Å²) in [6.07, 6.45) is 0. The van der Waals surface area contributed by atoms with Crippen LogP contribution in [0.4, 0.5) is 0 Å². The molecule has 2 fully saturated rings. The van der Waals surface area contributed by atoms with E-state index in [2.05, 4.69) is 4.84 Å². The van der Waals surface area contributed by atoms with E-state index in [9.17, 15) is 9.59 Å². The van der Waals surface area contributed by atoms with Gasteiger partial charge in [0, 0.05) is 0 Å². The van der Waals surface area contributed by atoms with Crippen LogP contribution in [-0.4, -0.2) is 16.9 Å². The van der Waals surface area contributed by atoms with Crippen molar-refractivity contribution in [3.05, 3.63) is 71.8 Å². The van der Waals surface area contributed by atoms with Gasteiger partial charge in [-0.25, -0.2) is 5.90 Å². The molecule has 1 saturated carbocycles. The number of hydrogen-bond donors (Lipinski definition) is 1. The zero-order chi connectivity index (χ0) is 19.4. The van der Waals surface area contributed by atoms with Gasteiger partial charge in [-0.05, 0) is 16.5 Å². The second-order valence-corrected chi connectivity index (χ2v) is 7.30. The van der Waals surface area contributed by atoms with E-state index in [4.69, 9.17) is 10.7 Å². The lowest BCUT2D eigenvalue weighted by atomic mass is 10.1. The van der Waals surface area contributed by atoms with Crippen molar-refractivity contribution >= 4 is 24.2 Å². The van der Waals surface area contributed by atoms with Gasteiger partial charge >= 0.3 is 0 Å². The van der Waals surface area contributed by atoms with Crippen LogP contribution >= 0.6 is 12.4 Å². The van der Waals surface area contributed by atoms with E-state index in [0.717, 1.165) is 16.2 Å². The van der Waals surface area contributed by atoms with Crippen LogP contribution in [0.5, 0.6) is 0 Å². The Balaban J connectivity index is 0.000000239. The third kappa shape index (κ3) is 4.59. The molecule has 2 amide bonds. The molecule has 2 unspecified atom stereocenters. The Morgan fingerprint density at radius 1 is 0.857 bits per heavy atom. The van der Waals surface area contributed by atoms with Crippen LogP contribution in [0.25, 0.3) is 0 Å². The number of amides is 2. The Morgan fingerprint density at radius 3 is 1.71 bits per heavy atom. The number of carbonyl (C=O) groups excluding carboxylic acids is 2. The number of piperidine rings is 1. The maximum atomic E-state index is 12.0. The molecule has 2 atom stereocenters. The summed E-state index contributed by atoms with van der Waals surface area (Å²) in [6.45, 7) is 4.64. The van der Waals surface area contributed by atoms with Crippen LogP contribution in [0.1, 0.15) is 25.0 Å². The van der Waals surface area contributed by atoms with Crippen LogP contribution in [0.15, 0.2) is 60.7 Å². The van der Waals surface area contributed by atoms with Crippen molar-refractivity contribution in [1.29, 1.82) is 0 Å². The largest absolute Gasteiger partial charge is 0.300 e. The predicted octanol–water partition coefficient (Wildman–Crippen LogP) is 3.26. The minimum Gasteiger partial charge on any atom is -0.300 e. The topological polar surface area (TPSA) is 81.9 Å². The van der Waals surface area contributed by atoms with Gasteiger partial charge in [0.25, 0.3) is 11.8 Å². The Bertz CT molecular complexity index is 775. The van der Waals surface area contributed by atoms with Gasteiger partial charge in [0.15, 0.2) is 0 Å². The number of halogens is 1.